The maximum atomic E-state index is 6.53. The number of rotatable bonds is 4. The van der Waals surface area contributed by atoms with Gasteiger partial charge in [0.2, 0.25) is 0 Å². The van der Waals surface area contributed by atoms with Crippen molar-refractivity contribution in [3.05, 3.63) is 99.8 Å². The van der Waals surface area contributed by atoms with Crippen LogP contribution in [0.1, 0.15) is 17.2 Å². The molecule has 2 aromatic carbocycles. The third-order valence-electron chi connectivity index (χ3n) is 4.31. The van der Waals surface area contributed by atoms with Crippen molar-refractivity contribution in [1.29, 1.82) is 0 Å². The van der Waals surface area contributed by atoms with Crippen LogP contribution in [0.15, 0.2) is 73.6 Å². The van der Waals surface area contributed by atoms with Gasteiger partial charge in [-0.3, -0.25) is 0 Å². The summed E-state index contributed by atoms with van der Waals surface area (Å²) < 4.78 is 2.03. The number of benzene rings is 2. The Bertz CT molecular complexity index is 1020. The van der Waals surface area contributed by atoms with Crippen molar-refractivity contribution < 1.29 is 0 Å². The predicted octanol–water partition coefficient (Wildman–Crippen LogP) is 6.48. The molecule has 130 valence electrons. The van der Waals surface area contributed by atoms with Gasteiger partial charge in [0.15, 0.2) is 0 Å². The number of aromatic amines is 1. The highest BCUT2D eigenvalue weighted by atomic mass is 35.5. The van der Waals surface area contributed by atoms with Crippen molar-refractivity contribution >= 4 is 34.8 Å². The Labute approximate surface area is 166 Å². The van der Waals surface area contributed by atoms with Crippen LogP contribution in [0.3, 0.4) is 0 Å². The van der Waals surface area contributed by atoms with E-state index in [4.69, 9.17) is 34.8 Å². The van der Waals surface area contributed by atoms with E-state index in [-0.39, 0.29) is 6.04 Å². The van der Waals surface area contributed by atoms with Gasteiger partial charge in [0.25, 0.3) is 0 Å². The summed E-state index contributed by atoms with van der Waals surface area (Å²) in [6.45, 7) is 0. The summed E-state index contributed by atoms with van der Waals surface area (Å²) in [5.41, 5.74) is 4.17. The van der Waals surface area contributed by atoms with Crippen LogP contribution in [0.5, 0.6) is 0 Å². The molecule has 0 spiro atoms. The van der Waals surface area contributed by atoms with Crippen molar-refractivity contribution in [2.24, 2.45) is 0 Å². The van der Waals surface area contributed by atoms with E-state index in [9.17, 15) is 0 Å². The minimum atomic E-state index is -0.140. The number of H-pyrrole nitrogens is 1. The van der Waals surface area contributed by atoms with E-state index in [1.807, 2.05) is 59.6 Å². The standard InChI is InChI=1S/C20H14Cl3N3/c21-14-3-1-13(2-4-14)17-10-25-11-18(17)20(26-8-7-24-12-26)16-6-5-15(22)9-19(16)23/h1-12,20,25H/t20-/m0/s1. The molecule has 1 atom stereocenters. The molecule has 0 bridgehead atoms. The second kappa shape index (κ2) is 7.20. The lowest BCUT2D eigenvalue weighted by atomic mass is 9.94. The van der Waals surface area contributed by atoms with Gasteiger partial charge in [0.1, 0.15) is 0 Å². The summed E-state index contributed by atoms with van der Waals surface area (Å²) in [5.74, 6) is 0. The fraction of sp³-hybridized carbons (Fsp3) is 0.0500. The Morgan fingerprint density at radius 1 is 0.885 bits per heavy atom. The molecule has 0 aliphatic rings. The van der Waals surface area contributed by atoms with E-state index >= 15 is 0 Å². The van der Waals surface area contributed by atoms with Crippen LogP contribution in [0.4, 0.5) is 0 Å². The fourth-order valence-corrected chi connectivity index (χ4v) is 3.75. The Kier molecular flexibility index (Phi) is 4.77. The Balaban J connectivity index is 1.89. The average Bonchev–Trinajstić information content (AvgIpc) is 3.30. The number of halogens is 3. The lowest BCUT2D eigenvalue weighted by Crippen LogP contribution is -2.11. The van der Waals surface area contributed by atoms with Crippen molar-refractivity contribution in [3.63, 3.8) is 0 Å². The minimum absolute atomic E-state index is 0.140. The Hall–Kier alpha value is -2.20. The van der Waals surface area contributed by atoms with Gasteiger partial charge in [-0.15, -0.1) is 0 Å². The number of nitrogens with zero attached hydrogens (tertiary/aromatic N) is 2. The molecular formula is C20H14Cl3N3. The molecule has 0 radical (unpaired) electrons. The van der Waals surface area contributed by atoms with Gasteiger partial charge >= 0.3 is 0 Å². The third-order valence-corrected chi connectivity index (χ3v) is 5.12. The first-order valence-corrected chi connectivity index (χ1v) is 9.12. The van der Waals surface area contributed by atoms with Crippen LogP contribution < -0.4 is 0 Å². The third kappa shape index (κ3) is 3.26. The first kappa shape index (κ1) is 17.2. The molecule has 3 nitrogen and oxygen atoms in total. The molecule has 0 fully saturated rings. The van der Waals surface area contributed by atoms with Crippen molar-refractivity contribution in [3.8, 4) is 11.1 Å². The summed E-state index contributed by atoms with van der Waals surface area (Å²) in [5, 5.41) is 1.92. The normalized spacial score (nSPS) is 12.3. The highest BCUT2D eigenvalue weighted by molar-refractivity contribution is 6.35. The molecule has 0 saturated carbocycles. The summed E-state index contributed by atoms with van der Waals surface area (Å²) in [7, 11) is 0. The van der Waals surface area contributed by atoms with Crippen molar-refractivity contribution in [2.75, 3.05) is 0 Å². The second-order valence-electron chi connectivity index (χ2n) is 5.91. The number of nitrogens with one attached hydrogen (secondary N) is 1. The van der Waals surface area contributed by atoms with Crippen LogP contribution in [-0.2, 0) is 0 Å². The molecule has 0 saturated heterocycles. The number of imidazole rings is 1. The van der Waals surface area contributed by atoms with Crippen molar-refractivity contribution in [2.45, 2.75) is 6.04 Å². The van der Waals surface area contributed by atoms with E-state index in [2.05, 4.69) is 9.97 Å². The van der Waals surface area contributed by atoms with Crippen LogP contribution in [0, 0.1) is 0 Å². The summed E-state index contributed by atoms with van der Waals surface area (Å²) in [4.78, 5) is 7.42. The zero-order chi connectivity index (χ0) is 18.1. The zero-order valence-corrected chi connectivity index (χ0v) is 15.8. The van der Waals surface area contributed by atoms with Gasteiger partial charge in [0, 0.05) is 51.0 Å². The van der Waals surface area contributed by atoms with Crippen LogP contribution in [0.25, 0.3) is 11.1 Å². The number of hydrogen-bond donors (Lipinski definition) is 1. The molecule has 0 unspecified atom stereocenters. The zero-order valence-electron chi connectivity index (χ0n) is 13.5. The van der Waals surface area contributed by atoms with Crippen molar-refractivity contribution in [1.82, 2.24) is 14.5 Å². The van der Waals surface area contributed by atoms with E-state index in [1.54, 1.807) is 18.6 Å². The number of hydrogen-bond acceptors (Lipinski definition) is 1. The molecule has 6 heteroatoms. The highest BCUT2D eigenvalue weighted by Crippen LogP contribution is 2.38. The van der Waals surface area contributed by atoms with Gasteiger partial charge < -0.3 is 9.55 Å². The van der Waals surface area contributed by atoms with Crippen LogP contribution in [-0.4, -0.2) is 14.5 Å². The molecule has 26 heavy (non-hydrogen) atoms. The van der Waals surface area contributed by atoms with Gasteiger partial charge in [-0.25, -0.2) is 4.98 Å². The maximum absolute atomic E-state index is 6.53. The summed E-state index contributed by atoms with van der Waals surface area (Å²) >= 11 is 18.7. The molecule has 2 heterocycles. The molecule has 2 aromatic heterocycles. The number of aromatic nitrogens is 3. The molecule has 4 rings (SSSR count). The van der Waals surface area contributed by atoms with E-state index in [1.165, 1.54) is 0 Å². The van der Waals surface area contributed by atoms with Gasteiger partial charge in [-0.1, -0.05) is 53.0 Å². The van der Waals surface area contributed by atoms with E-state index in [0.29, 0.717) is 15.1 Å². The topological polar surface area (TPSA) is 33.6 Å². The monoisotopic (exact) mass is 401 g/mol. The van der Waals surface area contributed by atoms with E-state index < -0.39 is 0 Å². The second-order valence-corrected chi connectivity index (χ2v) is 7.19. The van der Waals surface area contributed by atoms with E-state index in [0.717, 1.165) is 22.3 Å². The van der Waals surface area contributed by atoms with Gasteiger partial charge in [-0.05, 0) is 35.4 Å². The molecular weight excluding hydrogens is 389 g/mol. The smallest absolute Gasteiger partial charge is 0.0954 e. The lowest BCUT2D eigenvalue weighted by Gasteiger charge is -2.21. The Morgan fingerprint density at radius 2 is 1.65 bits per heavy atom. The SMILES string of the molecule is Clc1ccc(-c2c[nH]cc2[C@H](c2ccc(Cl)cc2Cl)n2ccnc2)cc1. The quantitative estimate of drug-likeness (QED) is 0.416. The van der Waals surface area contributed by atoms with Gasteiger partial charge in [0.05, 0.1) is 12.4 Å². The summed E-state index contributed by atoms with van der Waals surface area (Å²) in [6, 6.07) is 13.2. The van der Waals surface area contributed by atoms with Crippen LogP contribution in [0.2, 0.25) is 15.1 Å². The summed E-state index contributed by atoms with van der Waals surface area (Å²) in [6.07, 6.45) is 9.43. The largest absolute Gasteiger partial charge is 0.367 e. The van der Waals surface area contributed by atoms with Crippen LogP contribution >= 0.6 is 34.8 Å². The average molecular weight is 403 g/mol. The maximum Gasteiger partial charge on any atom is 0.0954 e. The molecule has 1 N–H and O–H groups in total. The highest BCUT2D eigenvalue weighted by Gasteiger charge is 2.23. The molecule has 0 amide bonds. The molecule has 4 aromatic rings. The van der Waals surface area contributed by atoms with Gasteiger partial charge in [-0.2, -0.15) is 0 Å². The molecule has 0 aliphatic carbocycles. The molecule has 0 aliphatic heterocycles. The first-order chi connectivity index (χ1) is 12.6. The lowest BCUT2D eigenvalue weighted by molar-refractivity contribution is 0.679. The fourth-order valence-electron chi connectivity index (χ4n) is 3.12. The predicted molar refractivity (Wildman–Crippen MR) is 107 cm³/mol. The first-order valence-electron chi connectivity index (χ1n) is 7.98. The Morgan fingerprint density at radius 3 is 2.35 bits per heavy atom. The minimum Gasteiger partial charge on any atom is -0.367 e.